The molecule has 0 heterocycles. The lowest BCUT2D eigenvalue weighted by Crippen LogP contribution is -2.18. The Kier molecular flexibility index (Phi) is 4.94. The van der Waals surface area contributed by atoms with Crippen LogP contribution in [0.5, 0.6) is 0 Å². The second-order valence-electron chi connectivity index (χ2n) is 4.35. The van der Waals surface area contributed by atoms with Crippen LogP contribution in [0.2, 0.25) is 0 Å². The zero-order valence-electron chi connectivity index (χ0n) is 10.7. The fraction of sp³-hybridized carbons (Fsp3) is 0.538. The van der Waals surface area contributed by atoms with E-state index in [1.807, 2.05) is 13.0 Å². The summed E-state index contributed by atoms with van der Waals surface area (Å²) in [5.74, 6) is 0. The summed E-state index contributed by atoms with van der Waals surface area (Å²) in [5, 5.41) is 14.1. The first-order chi connectivity index (χ1) is 8.06. The molecule has 4 nitrogen and oxygen atoms in total. The van der Waals surface area contributed by atoms with Gasteiger partial charge in [-0.1, -0.05) is 20.3 Å². The SMILES string of the molecule is CCCC(CC)Nc1cc(C)cc([N+](=O)[O-])c1. The lowest BCUT2D eigenvalue weighted by molar-refractivity contribution is -0.384. The van der Waals surface area contributed by atoms with Crippen LogP contribution in [0.25, 0.3) is 0 Å². The molecule has 0 bridgehead atoms. The molecule has 0 fully saturated rings. The van der Waals surface area contributed by atoms with Gasteiger partial charge in [0.25, 0.3) is 5.69 Å². The van der Waals surface area contributed by atoms with E-state index in [4.69, 9.17) is 0 Å². The van der Waals surface area contributed by atoms with Crippen molar-refractivity contribution in [3.63, 3.8) is 0 Å². The third-order valence-corrected chi connectivity index (χ3v) is 2.77. The molecule has 0 saturated heterocycles. The van der Waals surface area contributed by atoms with E-state index in [0.29, 0.717) is 6.04 Å². The molecular formula is C13H20N2O2. The first kappa shape index (κ1) is 13.5. The minimum absolute atomic E-state index is 0.152. The predicted molar refractivity (Wildman–Crippen MR) is 70.4 cm³/mol. The van der Waals surface area contributed by atoms with E-state index < -0.39 is 0 Å². The maximum atomic E-state index is 10.8. The van der Waals surface area contributed by atoms with Gasteiger partial charge in [0.1, 0.15) is 0 Å². The first-order valence-corrected chi connectivity index (χ1v) is 6.09. The number of anilines is 1. The van der Waals surface area contributed by atoms with Gasteiger partial charge in [0.2, 0.25) is 0 Å². The topological polar surface area (TPSA) is 55.2 Å². The summed E-state index contributed by atoms with van der Waals surface area (Å²) in [4.78, 5) is 10.4. The van der Waals surface area contributed by atoms with Crippen molar-refractivity contribution in [3.05, 3.63) is 33.9 Å². The maximum absolute atomic E-state index is 10.8. The predicted octanol–water partition coefficient (Wildman–Crippen LogP) is 3.89. The number of aryl methyl sites for hydroxylation is 1. The molecular weight excluding hydrogens is 216 g/mol. The highest BCUT2D eigenvalue weighted by Gasteiger charge is 2.10. The second-order valence-corrected chi connectivity index (χ2v) is 4.35. The molecule has 0 radical (unpaired) electrons. The fourth-order valence-electron chi connectivity index (χ4n) is 1.91. The van der Waals surface area contributed by atoms with Crippen molar-refractivity contribution < 1.29 is 4.92 Å². The fourth-order valence-corrected chi connectivity index (χ4v) is 1.91. The van der Waals surface area contributed by atoms with E-state index in [9.17, 15) is 10.1 Å². The minimum Gasteiger partial charge on any atom is -0.382 e. The Morgan fingerprint density at radius 3 is 2.59 bits per heavy atom. The van der Waals surface area contributed by atoms with E-state index in [0.717, 1.165) is 30.5 Å². The van der Waals surface area contributed by atoms with E-state index >= 15 is 0 Å². The van der Waals surface area contributed by atoms with Crippen LogP contribution in [0, 0.1) is 17.0 Å². The van der Waals surface area contributed by atoms with Crippen LogP contribution in [0.1, 0.15) is 38.7 Å². The highest BCUT2D eigenvalue weighted by Crippen LogP contribution is 2.22. The van der Waals surface area contributed by atoms with Gasteiger partial charge in [0, 0.05) is 23.9 Å². The van der Waals surface area contributed by atoms with Gasteiger partial charge in [0.15, 0.2) is 0 Å². The van der Waals surface area contributed by atoms with Crippen molar-refractivity contribution in [2.45, 2.75) is 46.1 Å². The Hall–Kier alpha value is -1.58. The summed E-state index contributed by atoms with van der Waals surface area (Å²) in [7, 11) is 0. The lowest BCUT2D eigenvalue weighted by atomic mass is 10.1. The van der Waals surface area contributed by atoms with Crippen LogP contribution in [0.3, 0.4) is 0 Å². The molecule has 0 aliphatic carbocycles. The molecule has 94 valence electrons. The van der Waals surface area contributed by atoms with Gasteiger partial charge in [-0.2, -0.15) is 0 Å². The van der Waals surface area contributed by atoms with Crippen molar-refractivity contribution in [1.82, 2.24) is 0 Å². The summed E-state index contributed by atoms with van der Waals surface area (Å²) in [6.07, 6.45) is 3.22. The maximum Gasteiger partial charge on any atom is 0.271 e. The molecule has 0 saturated carbocycles. The summed E-state index contributed by atoms with van der Waals surface area (Å²) in [6.45, 7) is 6.14. The molecule has 1 atom stereocenters. The van der Waals surface area contributed by atoms with Crippen molar-refractivity contribution in [2.24, 2.45) is 0 Å². The zero-order valence-corrected chi connectivity index (χ0v) is 10.7. The minimum atomic E-state index is -0.348. The molecule has 0 amide bonds. The molecule has 0 aromatic heterocycles. The zero-order chi connectivity index (χ0) is 12.8. The molecule has 0 spiro atoms. The normalized spacial score (nSPS) is 12.2. The summed E-state index contributed by atoms with van der Waals surface area (Å²) in [6, 6.07) is 5.53. The molecule has 17 heavy (non-hydrogen) atoms. The monoisotopic (exact) mass is 236 g/mol. The van der Waals surface area contributed by atoms with Crippen LogP contribution < -0.4 is 5.32 Å². The molecule has 1 unspecified atom stereocenters. The third kappa shape index (κ3) is 4.06. The summed E-state index contributed by atoms with van der Waals surface area (Å²) >= 11 is 0. The number of nitro groups is 1. The Morgan fingerprint density at radius 1 is 1.35 bits per heavy atom. The molecule has 0 aliphatic heterocycles. The standard InChI is InChI=1S/C13H20N2O2/c1-4-6-11(5-2)14-12-7-10(3)8-13(9-12)15(16)17/h7-9,11,14H,4-6H2,1-3H3. The van der Waals surface area contributed by atoms with Gasteiger partial charge in [-0.05, 0) is 31.4 Å². The molecule has 4 heteroatoms. The molecule has 0 aliphatic rings. The average Bonchev–Trinajstić information content (AvgIpc) is 2.27. The number of hydrogen-bond donors (Lipinski definition) is 1. The van der Waals surface area contributed by atoms with Crippen LogP contribution in [0.4, 0.5) is 11.4 Å². The van der Waals surface area contributed by atoms with E-state index in [-0.39, 0.29) is 10.6 Å². The van der Waals surface area contributed by atoms with Crippen LogP contribution in [-0.4, -0.2) is 11.0 Å². The smallest absolute Gasteiger partial charge is 0.271 e. The molecule has 1 aromatic rings. The summed E-state index contributed by atoms with van der Waals surface area (Å²) in [5.41, 5.74) is 1.91. The lowest BCUT2D eigenvalue weighted by Gasteiger charge is -2.17. The quantitative estimate of drug-likeness (QED) is 0.602. The first-order valence-electron chi connectivity index (χ1n) is 6.09. The number of nitro benzene ring substituents is 1. The molecule has 1 aromatic carbocycles. The number of nitrogens with zero attached hydrogens (tertiary/aromatic N) is 1. The number of hydrogen-bond acceptors (Lipinski definition) is 3. The summed E-state index contributed by atoms with van der Waals surface area (Å²) < 4.78 is 0. The average molecular weight is 236 g/mol. The largest absolute Gasteiger partial charge is 0.382 e. The van der Waals surface area contributed by atoms with E-state index in [1.165, 1.54) is 0 Å². The number of rotatable bonds is 6. The van der Waals surface area contributed by atoms with Gasteiger partial charge in [-0.15, -0.1) is 0 Å². The van der Waals surface area contributed by atoms with E-state index in [1.54, 1.807) is 12.1 Å². The Bertz CT molecular complexity index is 391. The highest BCUT2D eigenvalue weighted by atomic mass is 16.6. The Morgan fingerprint density at radius 2 is 2.06 bits per heavy atom. The van der Waals surface area contributed by atoms with Crippen molar-refractivity contribution in [3.8, 4) is 0 Å². The molecule has 1 rings (SSSR count). The number of benzene rings is 1. The van der Waals surface area contributed by atoms with Gasteiger partial charge >= 0.3 is 0 Å². The van der Waals surface area contributed by atoms with Gasteiger partial charge in [-0.3, -0.25) is 10.1 Å². The van der Waals surface area contributed by atoms with Crippen molar-refractivity contribution >= 4 is 11.4 Å². The highest BCUT2D eigenvalue weighted by molar-refractivity contribution is 5.54. The van der Waals surface area contributed by atoms with Gasteiger partial charge < -0.3 is 5.32 Å². The van der Waals surface area contributed by atoms with Gasteiger partial charge in [0.05, 0.1) is 4.92 Å². The van der Waals surface area contributed by atoms with Crippen molar-refractivity contribution in [2.75, 3.05) is 5.32 Å². The van der Waals surface area contributed by atoms with Crippen LogP contribution >= 0.6 is 0 Å². The van der Waals surface area contributed by atoms with Crippen LogP contribution in [0.15, 0.2) is 18.2 Å². The van der Waals surface area contributed by atoms with Crippen LogP contribution in [-0.2, 0) is 0 Å². The number of nitrogens with one attached hydrogen (secondary N) is 1. The van der Waals surface area contributed by atoms with Gasteiger partial charge in [-0.25, -0.2) is 0 Å². The van der Waals surface area contributed by atoms with Crippen molar-refractivity contribution in [1.29, 1.82) is 0 Å². The Labute approximate surface area is 102 Å². The second kappa shape index (κ2) is 6.23. The molecule has 1 N–H and O–H groups in total. The third-order valence-electron chi connectivity index (χ3n) is 2.77. The Balaban J connectivity index is 2.86. The van der Waals surface area contributed by atoms with E-state index in [2.05, 4.69) is 19.2 Å². The number of non-ortho nitro benzene ring substituents is 1.